The number of nitrogens with one attached hydrogen (secondary N) is 1. The molecule has 1 N–H and O–H groups in total. The Balaban J connectivity index is 2.54. The largest absolute Gasteiger partial charge is 0.497 e. The molecular weight excluding hydrogens is 216 g/mol. The van der Waals surface area contributed by atoms with Crippen molar-refractivity contribution in [2.24, 2.45) is 0 Å². The lowest BCUT2D eigenvalue weighted by Gasteiger charge is -2.43. The van der Waals surface area contributed by atoms with Crippen molar-refractivity contribution in [3.63, 3.8) is 0 Å². The van der Waals surface area contributed by atoms with E-state index in [4.69, 9.17) is 4.74 Å². The summed E-state index contributed by atoms with van der Waals surface area (Å²) >= 11 is 0. The van der Waals surface area contributed by atoms with Gasteiger partial charge in [0.05, 0.1) is 24.0 Å². The molecule has 92 valence electrons. The van der Waals surface area contributed by atoms with Crippen molar-refractivity contribution in [2.45, 2.75) is 26.3 Å². The summed E-state index contributed by atoms with van der Waals surface area (Å²) in [5.41, 5.74) is 1.62. The number of methoxy groups -OCH3 is 1. The zero-order valence-corrected chi connectivity index (χ0v) is 10.7. The molecule has 0 radical (unpaired) electrons. The summed E-state index contributed by atoms with van der Waals surface area (Å²) in [6.07, 6.45) is 0. The zero-order chi connectivity index (χ0) is 12.6. The first-order valence-electron chi connectivity index (χ1n) is 5.68. The summed E-state index contributed by atoms with van der Waals surface area (Å²) < 4.78 is 5.21. The Bertz CT molecular complexity index is 455. The summed E-state index contributed by atoms with van der Waals surface area (Å²) in [6, 6.07) is 5.73. The molecule has 0 bridgehead atoms. The van der Waals surface area contributed by atoms with Crippen molar-refractivity contribution >= 4 is 17.3 Å². The molecule has 1 amide bonds. The number of amides is 1. The maximum absolute atomic E-state index is 11.8. The van der Waals surface area contributed by atoms with E-state index >= 15 is 0 Å². The number of fused-ring (bicyclic) bond motifs is 1. The predicted molar refractivity (Wildman–Crippen MR) is 68.7 cm³/mol. The van der Waals surface area contributed by atoms with Crippen LogP contribution >= 0.6 is 0 Å². The second-order valence-electron chi connectivity index (χ2n) is 4.90. The minimum absolute atomic E-state index is 0.0472. The van der Waals surface area contributed by atoms with Gasteiger partial charge in [0, 0.05) is 19.5 Å². The second-order valence-corrected chi connectivity index (χ2v) is 4.90. The van der Waals surface area contributed by atoms with Crippen molar-refractivity contribution in [3.05, 3.63) is 18.2 Å². The normalized spacial score (nSPS) is 17.1. The quantitative estimate of drug-likeness (QED) is 0.810. The summed E-state index contributed by atoms with van der Waals surface area (Å²) in [5.74, 6) is 0.806. The molecule has 0 aromatic heterocycles. The van der Waals surface area contributed by atoms with Crippen molar-refractivity contribution in [3.8, 4) is 5.75 Å². The molecule has 1 aromatic carbocycles. The maximum atomic E-state index is 11.8. The molecule has 0 aliphatic carbocycles. The van der Waals surface area contributed by atoms with Crippen molar-refractivity contribution < 1.29 is 9.53 Å². The number of carbonyl (C=O) groups is 1. The summed E-state index contributed by atoms with van der Waals surface area (Å²) in [4.78, 5) is 13.7. The number of hydrogen-bond donors (Lipinski definition) is 1. The van der Waals surface area contributed by atoms with Crippen LogP contribution in [0.4, 0.5) is 11.4 Å². The highest BCUT2D eigenvalue weighted by Crippen LogP contribution is 2.38. The third-order valence-electron chi connectivity index (χ3n) is 3.08. The van der Waals surface area contributed by atoms with Gasteiger partial charge in [-0.3, -0.25) is 4.79 Å². The van der Waals surface area contributed by atoms with E-state index in [0.29, 0.717) is 0 Å². The van der Waals surface area contributed by atoms with Crippen molar-refractivity contribution in [2.75, 3.05) is 23.9 Å². The van der Waals surface area contributed by atoms with E-state index in [0.717, 1.165) is 23.7 Å². The van der Waals surface area contributed by atoms with Gasteiger partial charge in [-0.25, -0.2) is 0 Å². The zero-order valence-electron chi connectivity index (χ0n) is 10.7. The van der Waals surface area contributed by atoms with E-state index in [1.54, 1.807) is 14.0 Å². The molecule has 4 nitrogen and oxygen atoms in total. The Kier molecular flexibility index (Phi) is 2.73. The Hall–Kier alpha value is -1.71. The number of rotatable bonds is 1. The molecule has 0 saturated heterocycles. The molecule has 1 aliphatic heterocycles. The number of benzene rings is 1. The van der Waals surface area contributed by atoms with Gasteiger partial charge >= 0.3 is 0 Å². The minimum atomic E-state index is -0.231. The predicted octanol–water partition coefficient (Wildman–Crippen LogP) is 2.25. The molecule has 1 heterocycles. The highest BCUT2D eigenvalue weighted by atomic mass is 16.5. The molecule has 0 unspecified atom stereocenters. The van der Waals surface area contributed by atoms with Crippen LogP contribution in [0.1, 0.15) is 20.8 Å². The third-order valence-corrected chi connectivity index (χ3v) is 3.08. The number of nitrogens with zero attached hydrogens (tertiary/aromatic N) is 1. The molecular formula is C13H18N2O2. The van der Waals surface area contributed by atoms with Crippen LogP contribution < -0.4 is 15.0 Å². The maximum Gasteiger partial charge on any atom is 0.224 e. The van der Waals surface area contributed by atoms with E-state index in [2.05, 4.69) is 5.32 Å². The number of hydrogen-bond acceptors (Lipinski definition) is 3. The molecule has 0 atom stereocenters. The highest BCUT2D eigenvalue weighted by Gasteiger charge is 2.35. The first kappa shape index (κ1) is 11.8. The van der Waals surface area contributed by atoms with E-state index < -0.39 is 0 Å². The van der Waals surface area contributed by atoms with E-state index in [-0.39, 0.29) is 11.4 Å². The SMILES string of the molecule is COc1ccc2c(c1)N(C(C)=O)C(C)(C)CN2. The molecule has 4 heteroatoms. The van der Waals surface area contributed by atoms with Crippen LogP contribution in [-0.2, 0) is 4.79 Å². The first-order valence-corrected chi connectivity index (χ1v) is 5.68. The van der Waals surface area contributed by atoms with E-state index in [1.807, 2.05) is 36.9 Å². The first-order chi connectivity index (χ1) is 7.95. The average Bonchev–Trinajstić information content (AvgIpc) is 2.26. The minimum Gasteiger partial charge on any atom is -0.497 e. The summed E-state index contributed by atoms with van der Waals surface area (Å²) in [5, 5.41) is 3.34. The van der Waals surface area contributed by atoms with Crippen LogP contribution in [0, 0.1) is 0 Å². The lowest BCUT2D eigenvalue weighted by atomic mass is 9.97. The average molecular weight is 234 g/mol. The fourth-order valence-electron chi connectivity index (χ4n) is 2.29. The van der Waals surface area contributed by atoms with E-state index in [1.165, 1.54) is 0 Å². The van der Waals surface area contributed by atoms with Gasteiger partial charge in [-0.2, -0.15) is 0 Å². The Morgan fingerprint density at radius 2 is 2.18 bits per heavy atom. The Morgan fingerprint density at radius 1 is 1.47 bits per heavy atom. The summed E-state index contributed by atoms with van der Waals surface area (Å²) in [6.45, 7) is 6.43. The van der Waals surface area contributed by atoms with Gasteiger partial charge < -0.3 is 15.0 Å². The summed E-state index contributed by atoms with van der Waals surface area (Å²) in [7, 11) is 1.63. The fourth-order valence-corrected chi connectivity index (χ4v) is 2.29. The molecule has 2 rings (SSSR count). The highest BCUT2D eigenvalue weighted by molar-refractivity contribution is 5.98. The molecule has 17 heavy (non-hydrogen) atoms. The van der Waals surface area contributed by atoms with Gasteiger partial charge in [0.25, 0.3) is 0 Å². The Morgan fingerprint density at radius 3 is 2.76 bits per heavy atom. The lowest BCUT2D eigenvalue weighted by Crippen LogP contribution is -2.54. The molecule has 1 aromatic rings. The van der Waals surface area contributed by atoms with Crippen LogP contribution in [-0.4, -0.2) is 25.1 Å². The molecule has 0 saturated carbocycles. The van der Waals surface area contributed by atoms with Crippen LogP contribution in [0.15, 0.2) is 18.2 Å². The van der Waals surface area contributed by atoms with Gasteiger partial charge in [0.15, 0.2) is 0 Å². The van der Waals surface area contributed by atoms with Gasteiger partial charge in [-0.05, 0) is 26.0 Å². The van der Waals surface area contributed by atoms with Crippen LogP contribution in [0.3, 0.4) is 0 Å². The monoisotopic (exact) mass is 234 g/mol. The van der Waals surface area contributed by atoms with Gasteiger partial charge in [-0.1, -0.05) is 0 Å². The fraction of sp³-hybridized carbons (Fsp3) is 0.462. The van der Waals surface area contributed by atoms with Crippen LogP contribution in [0.5, 0.6) is 5.75 Å². The van der Waals surface area contributed by atoms with Gasteiger partial charge in [0.2, 0.25) is 5.91 Å². The Labute approximate surface area is 102 Å². The molecule has 0 spiro atoms. The third kappa shape index (κ3) is 1.95. The van der Waals surface area contributed by atoms with Gasteiger partial charge in [0.1, 0.15) is 5.75 Å². The smallest absolute Gasteiger partial charge is 0.224 e. The second kappa shape index (κ2) is 3.95. The lowest BCUT2D eigenvalue weighted by molar-refractivity contribution is -0.117. The number of anilines is 2. The standard InChI is InChI=1S/C13H18N2O2/c1-9(16)15-12-7-10(17-4)5-6-11(12)14-8-13(15,2)3/h5-7,14H,8H2,1-4H3. The number of ether oxygens (including phenoxy) is 1. The number of carbonyl (C=O) groups excluding carboxylic acids is 1. The van der Waals surface area contributed by atoms with Crippen LogP contribution in [0.2, 0.25) is 0 Å². The van der Waals surface area contributed by atoms with Crippen molar-refractivity contribution in [1.82, 2.24) is 0 Å². The molecule has 0 fully saturated rings. The van der Waals surface area contributed by atoms with Gasteiger partial charge in [-0.15, -0.1) is 0 Å². The topological polar surface area (TPSA) is 41.6 Å². The van der Waals surface area contributed by atoms with Crippen LogP contribution in [0.25, 0.3) is 0 Å². The van der Waals surface area contributed by atoms with Crippen molar-refractivity contribution in [1.29, 1.82) is 0 Å². The van der Waals surface area contributed by atoms with E-state index in [9.17, 15) is 4.79 Å². The molecule has 1 aliphatic rings.